The van der Waals surface area contributed by atoms with E-state index in [0.29, 0.717) is 0 Å². The number of hydrogen-bond acceptors (Lipinski definition) is 4. The van der Waals surface area contributed by atoms with E-state index >= 15 is 0 Å². The highest BCUT2D eigenvalue weighted by molar-refractivity contribution is 6.18. The van der Waals surface area contributed by atoms with Gasteiger partial charge in [0.1, 0.15) is 11.5 Å². The molecule has 0 aliphatic heterocycles. The highest BCUT2D eigenvalue weighted by atomic mass is 16.3. The molecule has 4 rings (SSSR count). The molecular formula is C28H22O4. The lowest BCUT2D eigenvalue weighted by Crippen LogP contribution is -2.31. The number of para-hydroxylation sites is 2. The molecule has 0 aromatic heterocycles. The summed E-state index contributed by atoms with van der Waals surface area (Å²) in [5, 5.41) is 20.8. The first-order chi connectivity index (χ1) is 15.6. The molecule has 0 aliphatic carbocycles. The van der Waals surface area contributed by atoms with Gasteiger partial charge in [-0.15, -0.1) is 0 Å². The van der Waals surface area contributed by atoms with Crippen LogP contribution in [0.4, 0.5) is 0 Å². The van der Waals surface area contributed by atoms with Crippen LogP contribution in [-0.2, 0) is 0 Å². The maximum atomic E-state index is 13.8. The van der Waals surface area contributed by atoms with Crippen LogP contribution in [0.3, 0.4) is 0 Å². The van der Waals surface area contributed by atoms with E-state index in [1.807, 2.05) is 60.7 Å². The second-order valence-electron chi connectivity index (χ2n) is 7.54. The van der Waals surface area contributed by atoms with Crippen LogP contribution in [0.2, 0.25) is 0 Å². The third-order valence-corrected chi connectivity index (χ3v) is 5.55. The van der Waals surface area contributed by atoms with Crippen LogP contribution in [0, 0.1) is 5.92 Å². The van der Waals surface area contributed by atoms with Crippen LogP contribution in [0.25, 0.3) is 0 Å². The van der Waals surface area contributed by atoms with Crippen molar-refractivity contribution in [3.05, 3.63) is 131 Å². The summed E-state index contributed by atoms with van der Waals surface area (Å²) in [6.45, 7) is 0. The SMILES string of the molecule is O=C(c1ccccc1O)C(C(=O)c1ccccc1O)C(c1ccccc1)c1ccccc1. The number of phenolic OH excluding ortho intramolecular Hbond substituents is 2. The number of rotatable bonds is 7. The fourth-order valence-corrected chi connectivity index (χ4v) is 4.02. The Kier molecular flexibility index (Phi) is 6.13. The molecular weight excluding hydrogens is 400 g/mol. The van der Waals surface area contributed by atoms with Gasteiger partial charge in [0, 0.05) is 5.92 Å². The van der Waals surface area contributed by atoms with Crippen molar-refractivity contribution in [3.8, 4) is 11.5 Å². The van der Waals surface area contributed by atoms with Crippen LogP contribution in [0.15, 0.2) is 109 Å². The minimum absolute atomic E-state index is 0.0677. The Morgan fingerprint density at radius 1 is 0.500 bits per heavy atom. The zero-order valence-electron chi connectivity index (χ0n) is 17.3. The van der Waals surface area contributed by atoms with Crippen molar-refractivity contribution in [2.45, 2.75) is 5.92 Å². The van der Waals surface area contributed by atoms with Crippen LogP contribution in [0.1, 0.15) is 37.8 Å². The summed E-state index contributed by atoms with van der Waals surface area (Å²) in [6, 6.07) is 31.1. The van der Waals surface area contributed by atoms with Gasteiger partial charge in [-0.25, -0.2) is 0 Å². The van der Waals surface area contributed by atoms with Crippen molar-refractivity contribution in [2.24, 2.45) is 5.92 Å². The van der Waals surface area contributed by atoms with Crippen molar-refractivity contribution >= 4 is 11.6 Å². The van der Waals surface area contributed by atoms with Crippen LogP contribution < -0.4 is 0 Å². The van der Waals surface area contributed by atoms with Crippen molar-refractivity contribution in [1.82, 2.24) is 0 Å². The van der Waals surface area contributed by atoms with Crippen LogP contribution in [-0.4, -0.2) is 21.8 Å². The smallest absolute Gasteiger partial charge is 0.178 e. The number of aromatic hydroxyl groups is 2. The Morgan fingerprint density at radius 3 is 1.22 bits per heavy atom. The first-order valence-corrected chi connectivity index (χ1v) is 10.3. The third kappa shape index (κ3) is 4.16. The molecule has 0 unspecified atom stereocenters. The van der Waals surface area contributed by atoms with Crippen molar-refractivity contribution in [3.63, 3.8) is 0 Å². The van der Waals surface area contributed by atoms with Gasteiger partial charge in [-0.05, 0) is 35.4 Å². The predicted molar refractivity (Wildman–Crippen MR) is 123 cm³/mol. The molecule has 0 amide bonds. The molecule has 0 saturated heterocycles. The fourth-order valence-electron chi connectivity index (χ4n) is 4.02. The molecule has 4 aromatic carbocycles. The maximum Gasteiger partial charge on any atom is 0.178 e. The Bertz CT molecular complexity index is 1140. The Morgan fingerprint density at radius 2 is 0.844 bits per heavy atom. The minimum Gasteiger partial charge on any atom is -0.507 e. The summed E-state index contributed by atoms with van der Waals surface area (Å²) in [5.41, 5.74) is 1.71. The average Bonchev–Trinajstić information content (AvgIpc) is 2.83. The third-order valence-electron chi connectivity index (χ3n) is 5.55. The molecule has 4 nitrogen and oxygen atoms in total. The van der Waals surface area contributed by atoms with E-state index in [-0.39, 0.29) is 22.6 Å². The minimum atomic E-state index is -1.19. The van der Waals surface area contributed by atoms with Gasteiger partial charge in [0.15, 0.2) is 11.6 Å². The van der Waals surface area contributed by atoms with Crippen molar-refractivity contribution in [2.75, 3.05) is 0 Å². The summed E-state index contributed by atoms with van der Waals surface area (Å²) in [4.78, 5) is 27.6. The largest absolute Gasteiger partial charge is 0.507 e. The molecule has 0 bridgehead atoms. The lowest BCUT2D eigenvalue weighted by atomic mass is 9.73. The van der Waals surface area contributed by atoms with E-state index in [1.165, 1.54) is 24.3 Å². The van der Waals surface area contributed by atoms with E-state index in [0.717, 1.165) is 11.1 Å². The van der Waals surface area contributed by atoms with Gasteiger partial charge in [-0.1, -0.05) is 84.9 Å². The van der Waals surface area contributed by atoms with Crippen LogP contribution >= 0.6 is 0 Å². The van der Waals surface area contributed by atoms with Gasteiger partial charge < -0.3 is 10.2 Å². The molecule has 0 heterocycles. The van der Waals surface area contributed by atoms with Gasteiger partial charge in [0.05, 0.1) is 17.0 Å². The summed E-state index contributed by atoms with van der Waals surface area (Å²) in [5.74, 6) is -3.19. The normalized spacial score (nSPS) is 10.9. The van der Waals surface area contributed by atoms with Gasteiger partial charge in [0.2, 0.25) is 0 Å². The summed E-state index contributed by atoms with van der Waals surface area (Å²) < 4.78 is 0. The molecule has 0 fully saturated rings. The standard InChI is InChI=1S/C28H22O4/c29-23-17-9-7-15-21(23)27(31)26(28(32)22-16-8-10-18-24(22)30)25(19-11-3-1-4-12-19)20-13-5-2-6-14-20/h1-18,25-26,29-30H. The number of carbonyl (C=O) groups excluding carboxylic acids is 2. The van der Waals surface area contributed by atoms with E-state index in [9.17, 15) is 19.8 Å². The van der Waals surface area contributed by atoms with Gasteiger partial charge >= 0.3 is 0 Å². The molecule has 0 radical (unpaired) electrons. The number of Topliss-reactive ketones (excluding diaryl/α,β-unsaturated/α-hetero) is 2. The molecule has 32 heavy (non-hydrogen) atoms. The molecule has 2 N–H and O–H groups in total. The number of ketones is 2. The molecule has 4 aromatic rings. The molecule has 0 saturated carbocycles. The first-order valence-electron chi connectivity index (χ1n) is 10.3. The number of carbonyl (C=O) groups is 2. The van der Waals surface area contributed by atoms with E-state index < -0.39 is 23.4 Å². The Hall–Kier alpha value is -4.18. The van der Waals surface area contributed by atoms with E-state index in [2.05, 4.69) is 0 Å². The second kappa shape index (κ2) is 9.31. The highest BCUT2D eigenvalue weighted by Gasteiger charge is 2.39. The molecule has 4 heteroatoms. The molecule has 158 valence electrons. The van der Waals surface area contributed by atoms with E-state index in [4.69, 9.17) is 0 Å². The lowest BCUT2D eigenvalue weighted by Gasteiger charge is -2.27. The number of benzene rings is 4. The van der Waals surface area contributed by atoms with Crippen molar-refractivity contribution < 1.29 is 19.8 Å². The second-order valence-corrected chi connectivity index (χ2v) is 7.54. The molecule has 0 aliphatic rings. The van der Waals surface area contributed by atoms with Gasteiger partial charge in [0.25, 0.3) is 0 Å². The first kappa shape index (κ1) is 21.1. The fraction of sp³-hybridized carbons (Fsp3) is 0.0714. The average molecular weight is 422 g/mol. The predicted octanol–water partition coefficient (Wildman–Crippen LogP) is 5.61. The topological polar surface area (TPSA) is 74.6 Å². The van der Waals surface area contributed by atoms with E-state index in [1.54, 1.807) is 24.3 Å². The zero-order valence-corrected chi connectivity index (χ0v) is 17.3. The molecule has 0 spiro atoms. The monoisotopic (exact) mass is 422 g/mol. The van der Waals surface area contributed by atoms with Crippen molar-refractivity contribution in [1.29, 1.82) is 0 Å². The maximum absolute atomic E-state index is 13.8. The lowest BCUT2D eigenvalue weighted by molar-refractivity contribution is 0.0790. The molecule has 0 atom stereocenters. The number of hydrogen-bond donors (Lipinski definition) is 2. The number of phenols is 2. The Labute approximate surface area is 186 Å². The zero-order chi connectivity index (χ0) is 22.5. The van der Waals surface area contributed by atoms with Crippen LogP contribution in [0.5, 0.6) is 11.5 Å². The van der Waals surface area contributed by atoms with Gasteiger partial charge in [-0.3, -0.25) is 9.59 Å². The highest BCUT2D eigenvalue weighted by Crippen LogP contribution is 2.38. The summed E-state index contributed by atoms with van der Waals surface area (Å²) in [7, 11) is 0. The van der Waals surface area contributed by atoms with Gasteiger partial charge in [-0.2, -0.15) is 0 Å². The summed E-state index contributed by atoms with van der Waals surface area (Å²) >= 11 is 0. The quantitative estimate of drug-likeness (QED) is 0.300. The Balaban J connectivity index is 1.94. The summed E-state index contributed by atoms with van der Waals surface area (Å²) in [6.07, 6.45) is 0.